The summed E-state index contributed by atoms with van der Waals surface area (Å²) in [5.41, 5.74) is 0. The molecule has 114 valence electrons. The quantitative estimate of drug-likeness (QED) is 0.506. The van der Waals surface area contributed by atoms with Crippen molar-refractivity contribution in [2.75, 3.05) is 34.2 Å². The normalized spacial score (nSPS) is 11.0. The number of unbranched alkanes of at least 4 members (excludes halogenated alkanes) is 6. The Kier molecular flexibility index (Phi) is 12.1. The highest BCUT2D eigenvalue weighted by Crippen LogP contribution is 2.07. The standard InChI is InChI=1S/C16H34N2O/c1-5-6-11-15-18(4)16(19)13-10-8-7-9-12-14-17(2)3/h5-15H2,1-4H3. The number of rotatable bonds is 12. The predicted molar refractivity (Wildman–Crippen MR) is 83.4 cm³/mol. The maximum absolute atomic E-state index is 11.8. The molecule has 0 bridgehead atoms. The van der Waals surface area contributed by atoms with E-state index >= 15 is 0 Å². The van der Waals surface area contributed by atoms with Crippen molar-refractivity contribution in [3.8, 4) is 0 Å². The Balaban J connectivity index is 3.37. The van der Waals surface area contributed by atoms with E-state index in [9.17, 15) is 4.79 Å². The highest BCUT2D eigenvalue weighted by molar-refractivity contribution is 5.75. The second-order valence-electron chi connectivity index (χ2n) is 5.84. The summed E-state index contributed by atoms with van der Waals surface area (Å²) < 4.78 is 0. The molecule has 0 heterocycles. The fourth-order valence-corrected chi connectivity index (χ4v) is 2.15. The van der Waals surface area contributed by atoms with Crippen molar-refractivity contribution in [3.05, 3.63) is 0 Å². The van der Waals surface area contributed by atoms with Crippen LogP contribution in [-0.4, -0.2) is 49.9 Å². The summed E-state index contributed by atoms with van der Waals surface area (Å²) in [5, 5.41) is 0. The van der Waals surface area contributed by atoms with Crippen molar-refractivity contribution in [2.24, 2.45) is 0 Å². The molecule has 0 fully saturated rings. The molecule has 0 atom stereocenters. The van der Waals surface area contributed by atoms with Crippen molar-refractivity contribution in [1.29, 1.82) is 0 Å². The summed E-state index contributed by atoms with van der Waals surface area (Å²) >= 11 is 0. The van der Waals surface area contributed by atoms with Crippen molar-refractivity contribution >= 4 is 5.91 Å². The summed E-state index contributed by atoms with van der Waals surface area (Å²) in [7, 11) is 6.18. The van der Waals surface area contributed by atoms with E-state index in [0.717, 1.165) is 25.8 Å². The molecule has 0 rings (SSSR count). The largest absolute Gasteiger partial charge is 0.346 e. The van der Waals surface area contributed by atoms with Crippen LogP contribution in [0.3, 0.4) is 0 Å². The molecule has 0 aliphatic rings. The third-order valence-electron chi connectivity index (χ3n) is 3.52. The average molecular weight is 270 g/mol. The summed E-state index contributed by atoms with van der Waals surface area (Å²) in [5.74, 6) is 0.324. The van der Waals surface area contributed by atoms with Gasteiger partial charge in [0.25, 0.3) is 0 Å². The number of carbonyl (C=O) groups is 1. The smallest absolute Gasteiger partial charge is 0.222 e. The van der Waals surface area contributed by atoms with Gasteiger partial charge in [0.15, 0.2) is 0 Å². The van der Waals surface area contributed by atoms with Crippen LogP contribution in [0.25, 0.3) is 0 Å². The van der Waals surface area contributed by atoms with E-state index < -0.39 is 0 Å². The molecule has 0 radical (unpaired) electrons. The zero-order valence-electron chi connectivity index (χ0n) is 13.6. The second kappa shape index (κ2) is 12.5. The molecule has 0 N–H and O–H groups in total. The number of nitrogens with zero attached hydrogens (tertiary/aromatic N) is 2. The van der Waals surface area contributed by atoms with Crippen LogP contribution in [-0.2, 0) is 4.79 Å². The fourth-order valence-electron chi connectivity index (χ4n) is 2.15. The number of carbonyl (C=O) groups excluding carboxylic acids is 1. The van der Waals surface area contributed by atoms with Crippen molar-refractivity contribution in [1.82, 2.24) is 9.80 Å². The number of hydrogen-bond acceptors (Lipinski definition) is 2. The van der Waals surface area contributed by atoms with Gasteiger partial charge in [0.2, 0.25) is 5.91 Å². The minimum atomic E-state index is 0.324. The zero-order valence-corrected chi connectivity index (χ0v) is 13.6. The van der Waals surface area contributed by atoms with Crippen molar-refractivity contribution in [3.63, 3.8) is 0 Å². The number of hydrogen-bond donors (Lipinski definition) is 0. The molecule has 0 aromatic carbocycles. The van der Waals surface area contributed by atoms with Gasteiger partial charge in [-0.05, 0) is 39.9 Å². The van der Waals surface area contributed by atoms with E-state index in [1.165, 1.54) is 45.1 Å². The maximum Gasteiger partial charge on any atom is 0.222 e. The lowest BCUT2D eigenvalue weighted by molar-refractivity contribution is -0.130. The van der Waals surface area contributed by atoms with Gasteiger partial charge in [-0.1, -0.05) is 39.0 Å². The van der Waals surface area contributed by atoms with Gasteiger partial charge < -0.3 is 9.80 Å². The van der Waals surface area contributed by atoms with Crippen molar-refractivity contribution in [2.45, 2.75) is 64.7 Å². The number of amides is 1. The first kappa shape index (κ1) is 18.4. The predicted octanol–water partition coefficient (Wildman–Crippen LogP) is 3.54. The fraction of sp³-hybridized carbons (Fsp3) is 0.938. The van der Waals surface area contributed by atoms with Crippen LogP contribution in [0, 0.1) is 0 Å². The van der Waals surface area contributed by atoms with Crippen LogP contribution in [0.15, 0.2) is 0 Å². The molecular weight excluding hydrogens is 236 g/mol. The van der Waals surface area contributed by atoms with Gasteiger partial charge in [0.05, 0.1) is 0 Å². The van der Waals surface area contributed by atoms with Gasteiger partial charge in [-0.15, -0.1) is 0 Å². The van der Waals surface area contributed by atoms with Gasteiger partial charge in [0.1, 0.15) is 0 Å². The van der Waals surface area contributed by atoms with Gasteiger partial charge in [0, 0.05) is 20.0 Å². The lowest BCUT2D eigenvalue weighted by Gasteiger charge is -2.16. The van der Waals surface area contributed by atoms with Crippen LogP contribution < -0.4 is 0 Å². The van der Waals surface area contributed by atoms with Crippen molar-refractivity contribution < 1.29 is 4.79 Å². The minimum absolute atomic E-state index is 0.324. The monoisotopic (exact) mass is 270 g/mol. The summed E-state index contributed by atoms with van der Waals surface area (Å²) in [6.45, 7) is 4.30. The Morgan fingerprint density at radius 3 is 2.00 bits per heavy atom. The van der Waals surface area contributed by atoms with Gasteiger partial charge >= 0.3 is 0 Å². The Hall–Kier alpha value is -0.570. The van der Waals surface area contributed by atoms with Crippen LogP contribution in [0.2, 0.25) is 0 Å². The first-order chi connectivity index (χ1) is 9.07. The lowest BCUT2D eigenvalue weighted by atomic mass is 10.1. The third-order valence-corrected chi connectivity index (χ3v) is 3.52. The second-order valence-corrected chi connectivity index (χ2v) is 5.84. The van der Waals surface area contributed by atoms with Gasteiger partial charge in [-0.3, -0.25) is 4.79 Å². The molecular formula is C16H34N2O. The molecule has 0 saturated carbocycles. The van der Waals surface area contributed by atoms with E-state index in [0.29, 0.717) is 5.91 Å². The van der Waals surface area contributed by atoms with E-state index in [1.807, 2.05) is 11.9 Å². The Bertz CT molecular complexity index is 217. The molecule has 0 aromatic heterocycles. The van der Waals surface area contributed by atoms with E-state index in [4.69, 9.17) is 0 Å². The minimum Gasteiger partial charge on any atom is -0.346 e. The van der Waals surface area contributed by atoms with Crippen LogP contribution in [0.5, 0.6) is 0 Å². The molecule has 3 heteroatoms. The van der Waals surface area contributed by atoms with Gasteiger partial charge in [-0.25, -0.2) is 0 Å². The Morgan fingerprint density at radius 1 is 0.789 bits per heavy atom. The Labute approximate surface area is 120 Å². The molecule has 0 unspecified atom stereocenters. The van der Waals surface area contributed by atoms with E-state index in [1.54, 1.807) is 0 Å². The summed E-state index contributed by atoms with van der Waals surface area (Å²) in [6, 6.07) is 0. The van der Waals surface area contributed by atoms with E-state index in [-0.39, 0.29) is 0 Å². The van der Waals surface area contributed by atoms with Gasteiger partial charge in [-0.2, -0.15) is 0 Å². The topological polar surface area (TPSA) is 23.6 Å². The molecule has 0 aliphatic carbocycles. The van der Waals surface area contributed by atoms with E-state index in [2.05, 4.69) is 25.9 Å². The first-order valence-electron chi connectivity index (χ1n) is 7.96. The molecule has 3 nitrogen and oxygen atoms in total. The van der Waals surface area contributed by atoms with Crippen LogP contribution in [0.1, 0.15) is 64.7 Å². The average Bonchev–Trinajstić information content (AvgIpc) is 2.37. The SMILES string of the molecule is CCCCCN(C)C(=O)CCCCCCCN(C)C. The van der Waals surface area contributed by atoms with Crippen LogP contribution >= 0.6 is 0 Å². The molecule has 0 saturated heterocycles. The third kappa shape index (κ3) is 12.2. The molecule has 0 aromatic rings. The van der Waals surface area contributed by atoms with Crippen LogP contribution in [0.4, 0.5) is 0 Å². The molecule has 19 heavy (non-hydrogen) atoms. The highest BCUT2D eigenvalue weighted by Gasteiger charge is 2.07. The molecule has 0 spiro atoms. The summed E-state index contributed by atoms with van der Waals surface area (Å²) in [6.07, 6.45) is 10.4. The molecule has 0 aliphatic heterocycles. The summed E-state index contributed by atoms with van der Waals surface area (Å²) in [4.78, 5) is 16.0. The zero-order chi connectivity index (χ0) is 14.5. The highest BCUT2D eigenvalue weighted by atomic mass is 16.2. The maximum atomic E-state index is 11.8. The molecule has 1 amide bonds. The Morgan fingerprint density at radius 2 is 1.37 bits per heavy atom. The first-order valence-corrected chi connectivity index (χ1v) is 7.96. The lowest BCUT2D eigenvalue weighted by Crippen LogP contribution is -2.27.